The van der Waals surface area contributed by atoms with Crippen LogP contribution in [0, 0.1) is 0 Å². The van der Waals surface area contributed by atoms with Gasteiger partial charge in [-0.3, -0.25) is 4.79 Å². The Hall–Kier alpha value is -1.04. The number of hydrogen-bond acceptors (Lipinski definition) is 1. The number of rotatable bonds is 2. The van der Waals surface area contributed by atoms with E-state index in [1.807, 2.05) is 0 Å². The van der Waals surface area contributed by atoms with Crippen LogP contribution in [0.3, 0.4) is 0 Å². The number of halogens is 4. The summed E-state index contributed by atoms with van der Waals surface area (Å²) < 4.78 is 37.8. The Labute approximate surface area is 105 Å². The summed E-state index contributed by atoms with van der Waals surface area (Å²) in [6.45, 7) is 3.47. The largest absolute Gasteiger partial charge is 0.416 e. The Kier molecular flexibility index (Phi) is 4.19. The first-order valence-electron chi connectivity index (χ1n) is 4.89. The molecule has 0 fully saturated rings. The van der Waals surface area contributed by atoms with Gasteiger partial charge >= 0.3 is 6.18 Å². The van der Waals surface area contributed by atoms with Gasteiger partial charge in [0.1, 0.15) is 0 Å². The fourth-order valence-electron chi connectivity index (χ4n) is 1.23. The second kappa shape index (κ2) is 5.08. The van der Waals surface area contributed by atoms with Crippen LogP contribution in [0.2, 0.25) is 0 Å². The van der Waals surface area contributed by atoms with Gasteiger partial charge in [-0.05, 0) is 32.0 Å². The first kappa shape index (κ1) is 14.0. The van der Waals surface area contributed by atoms with Crippen LogP contribution in [0.5, 0.6) is 0 Å². The van der Waals surface area contributed by atoms with Gasteiger partial charge in [0.2, 0.25) is 0 Å². The predicted molar refractivity (Wildman–Crippen MR) is 61.7 cm³/mol. The highest BCUT2D eigenvalue weighted by Gasteiger charge is 2.31. The summed E-state index contributed by atoms with van der Waals surface area (Å²) in [4.78, 5) is 11.6. The molecule has 1 amide bonds. The topological polar surface area (TPSA) is 29.1 Å². The highest BCUT2D eigenvalue weighted by atomic mass is 79.9. The van der Waals surface area contributed by atoms with E-state index in [0.29, 0.717) is 0 Å². The molecular formula is C11H11BrF3NO. The molecule has 0 atom stereocenters. The molecule has 0 radical (unpaired) electrons. The van der Waals surface area contributed by atoms with Crippen LogP contribution in [0.1, 0.15) is 29.8 Å². The Morgan fingerprint density at radius 1 is 1.29 bits per heavy atom. The molecule has 1 aromatic carbocycles. The molecule has 0 aromatic heterocycles. The molecule has 1 aromatic rings. The summed E-state index contributed by atoms with van der Waals surface area (Å²) in [6.07, 6.45) is -4.46. The summed E-state index contributed by atoms with van der Waals surface area (Å²) in [5.41, 5.74) is -0.860. The van der Waals surface area contributed by atoms with E-state index in [-0.39, 0.29) is 16.1 Å². The van der Waals surface area contributed by atoms with E-state index in [1.165, 1.54) is 6.07 Å². The molecule has 1 rings (SSSR count). The number of carbonyl (C=O) groups is 1. The monoisotopic (exact) mass is 309 g/mol. The molecule has 0 heterocycles. The SMILES string of the molecule is CC(C)NC(=O)c1cc(Br)cc(C(F)(F)F)c1. The zero-order valence-corrected chi connectivity index (χ0v) is 10.8. The van der Waals surface area contributed by atoms with Crippen molar-refractivity contribution in [2.24, 2.45) is 0 Å². The van der Waals surface area contributed by atoms with Crippen molar-refractivity contribution in [3.05, 3.63) is 33.8 Å². The second-order valence-electron chi connectivity index (χ2n) is 3.85. The van der Waals surface area contributed by atoms with Gasteiger partial charge in [0.05, 0.1) is 5.56 Å². The van der Waals surface area contributed by atoms with Crippen LogP contribution >= 0.6 is 15.9 Å². The second-order valence-corrected chi connectivity index (χ2v) is 4.77. The third-order valence-corrected chi connectivity index (χ3v) is 2.36. The molecule has 0 saturated heterocycles. The lowest BCUT2D eigenvalue weighted by Crippen LogP contribution is -2.30. The van der Waals surface area contributed by atoms with Crippen molar-refractivity contribution in [3.63, 3.8) is 0 Å². The Morgan fingerprint density at radius 2 is 1.88 bits per heavy atom. The Balaban J connectivity index is 3.10. The standard InChI is InChI=1S/C11H11BrF3NO/c1-6(2)16-10(17)7-3-8(11(13,14)15)5-9(12)4-7/h3-6H,1-2H3,(H,16,17). The van der Waals surface area contributed by atoms with Gasteiger partial charge in [-0.15, -0.1) is 0 Å². The van der Waals surface area contributed by atoms with E-state index in [0.717, 1.165) is 12.1 Å². The van der Waals surface area contributed by atoms with Crippen molar-refractivity contribution in [1.29, 1.82) is 0 Å². The van der Waals surface area contributed by atoms with E-state index in [1.54, 1.807) is 13.8 Å². The zero-order valence-electron chi connectivity index (χ0n) is 9.23. The van der Waals surface area contributed by atoms with E-state index >= 15 is 0 Å². The first-order chi connectivity index (χ1) is 7.70. The van der Waals surface area contributed by atoms with Gasteiger partial charge < -0.3 is 5.32 Å². The summed E-state index contributed by atoms with van der Waals surface area (Å²) in [7, 11) is 0. The van der Waals surface area contributed by atoms with Crippen molar-refractivity contribution in [2.45, 2.75) is 26.1 Å². The molecule has 0 aliphatic heterocycles. The highest BCUT2D eigenvalue weighted by Crippen LogP contribution is 2.31. The first-order valence-corrected chi connectivity index (χ1v) is 5.68. The summed E-state index contributed by atoms with van der Waals surface area (Å²) in [5.74, 6) is -0.521. The number of amides is 1. The number of hydrogen-bond donors (Lipinski definition) is 1. The molecule has 6 heteroatoms. The summed E-state index contributed by atoms with van der Waals surface area (Å²) in [6, 6.07) is 3.00. The van der Waals surface area contributed by atoms with Crippen molar-refractivity contribution in [1.82, 2.24) is 5.32 Å². The van der Waals surface area contributed by atoms with Crippen LogP contribution in [0.15, 0.2) is 22.7 Å². The van der Waals surface area contributed by atoms with Crippen LogP contribution < -0.4 is 5.32 Å². The summed E-state index contributed by atoms with van der Waals surface area (Å²) in [5, 5.41) is 2.54. The van der Waals surface area contributed by atoms with Gasteiger partial charge in [-0.1, -0.05) is 15.9 Å². The molecule has 0 aliphatic carbocycles. The lowest BCUT2D eigenvalue weighted by molar-refractivity contribution is -0.137. The van der Waals surface area contributed by atoms with Crippen molar-refractivity contribution in [2.75, 3.05) is 0 Å². The fraction of sp³-hybridized carbons (Fsp3) is 0.364. The van der Waals surface area contributed by atoms with Gasteiger partial charge in [-0.2, -0.15) is 13.2 Å². The van der Waals surface area contributed by atoms with Crippen LogP contribution in [-0.4, -0.2) is 11.9 Å². The van der Waals surface area contributed by atoms with Crippen LogP contribution in [0.25, 0.3) is 0 Å². The van der Waals surface area contributed by atoms with E-state index in [9.17, 15) is 18.0 Å². The molecule has 0 bridgehead atoms. The predicted octanol–water partition coefficient (Wildman–Crippen LogP) is 3.61. The van der Waals surface area contributed by atoms with Crippen molar-refractivity contribution >= 4 is 21.8 Å². The minimum absolute atomic E-state index is 0.0135. The summed E-state index contributed by atoms with van der Waals surface area (Å²) >= 11 is 2.96. The quantitative estimate of drug-likeness (QED) is 0.888. The van der Waals surface area contributed by atoms with Gasteiger partial charge in [-0.25, -0.2) is 0 Å². The number of carbonyl (C=O) groups excluding carboxylic acids is 1. The zero-order chi connectivity index (χ0) is 13.2. The Bertz CT molecular complexity index is 429. The van der Waals surface area contributed by atoms with Gasteiger partial charge in [0.15, 0.2) is 0 Å². The van der Waals surface area contributed by atoms with E-state index in [2.05, 4.69) is 21.2 Å². The van der Waals surface area contributed by atoms with Crippen LogP contribution in [0.4, 0.5) is 13.2 Å². The molecule has 1 N–H and O–H groups in total. The molecule has 94 valence electrons. The normalized spacial score (nSPS) is 11.7. The fourth-order valence-corrected chi connectivity index (χ4v) is 1.72. The molecule has 17 heavy (non-hydrogen) atoms. The maximum Gasteiger partial charge on any atom is 0.416 e. The van der Waals surface area contributed by atoms with Crippen molar-refractivity contribution < 1.29 is 18.0 Å². The van der Waals surface area contributed by atoms with E-state index < -0.39 is 17.6 Å². The molecule has 0 unspecified atom stereocenters. The molecule has 0 saturated carbocycles. The minimum atomic E-state index is -4.46. The highest BCUT2D eigenvalue weighted by molar-refractivity contribution is 9.10. The van der Waals surface area contributed by atoms with Gasteiger partial charge in [0, 0.05) is 16.1 Å². The lowest BCUT2D eigenvalue weighted by atomic mass is 10.1. The molecule has 0 aliphatic rings. The smallest absolute Gasteiger partial charge is 0.350 e. The van der Waals surface area contributed by atoms with Crippen LogP contribution in [-0.2, 0) is 6.18 Å². The maximum atomic E-state index is 12.5. The lowest BCUT2D eigenvalue weighted by Gasteiger charge is -2.11. The third-order valence-electron chi connectivity index (χ3n) is 1.91. The Morgan fingerprint density at radius 3 is 2.35 bits per heavy atom. The number of benzene rings is 1. The minimum Gasteiger partial charge on any atom is -0.350 e. The average Bonchev–Trinajstić information content (AvgIpc) is 2.14. The molecule has 0 spiro atoms. The van der Waals surface area contributed by atoms with E-state index in [4.69, 9.17) is 0 Å². The molecule has 2 nitrogen and oxygen atoms in total. The maximum absolute atomic E-state index is 12.5. The number of alkyl halides is 3. The molecular weight excluding hydrogens is 299 g/mol. The van der Waals surface area contributed by atoms with Gasteiger partial charge in [0.25, 0.3) is 5.91 Å². The number of nitrogens with one attached hydrogen (secondary N) is 1. The van der Waals surface area contributed by atoms with Crippen molar-refractivity contribution in [3.8, 4) is 0 Å². The average molecular weight is 310 g/mol. The third kappa shape index (κ3) is 4.03.